The summed E-state index contributed by atoms with van der Waals surface area (Å²) in [6, 6.07) is -0.803. The molecule has 4 rings (SSSR count). The molecule has 0 saturated carbocycles. The molecule has 0 spiro atoms. The van der Waals surface area contributed by atoms with E-state index >= 15 is 0 Å². The lowest BCUT2D eigenvalue weighted by Gasteiger charge is -2.49. The van der Waals surface area contributed by atoms with Crippen LogP contribution in [0.1, 0.15) is 0 Å². The van der Waals surface area contributed by atoms with Crippen LogP contribution in [-0.2, 0) is 28.0 Å². The van der Waals surface area contributed by atoms with E-state index in [1.807, 2.05) is 0 Å². The Morgan fingerprint density at radius 3 is 2.90 bits per heavy atom. The number of hydrogen-bond acceptors (Lipinski definition) is 11. The van der Waals surface area contributed by atoms with Gasteiger partial charge in [0, 0.05) is 18.6 Å². The highest BCUT2D eigenvalue weighted by Crippen LogP contribution is 2.41. The lowest BCUT2D eigenvalue weighted by Crippen LogP contribution is -2.70. The summed E-state index contributed by atoms with van der Waals surface area (Å²) < 4.78 is 1.48. The fraction of sp³-hybridized carbons (Fsp3) is 0.462. The average molecular weight is 438 g/mol. The van der Waals surface area contributed by atoms with E-state index in [-0.39, 0.29) is 12.2 Å². The summed E-state index contributed by atoms with van der Waals surface area (Å²) in [6.07, 6.45) is 1.20. The molecular formula is C13H14N10O4S2. The molecule has 152 valence electrons. The minimum absolute atomic E-state index is 0.0511. The van der Waals surface area contributed by atoms with Crippen LogP contribution in [0.15, 0.2) is 22.8 Å². The van der Waals surface area contributed by atoms with Crippen molar-refractivity contribution in [2.45, 2.75) is 23.1 Å². The first-order valence-electron chi connectivity index (χ1n) is 8.21. The molecule has 29 heavy (non-hydrogen) atoms. The largest absolute Gasteiger partial charge is 0.477 e. The quantitative estimate of drug-likeness (QED) is 0.351. The highest BCUT2D eigenvalue weighted by molar-refractivity contribution is 8.01. The first-order chi connectivity index (χ1) is 14.0. The summed E-state index contributed by atoms with van der Waals surface area (Å²) in [5.74, 6) is -1.38. The van der Waals surface area contributed by atoms with Gasteiger partial charge in [-0.05, 0) is 21.2 Å². The number of amides is 2. The zero-order valence-corrected chi connectivity index (χ0v) is 16.5. The molecule has 1 fully saturated rings. The number of aromatic nitrogens is 8. The molecule has 1 saturated heterocycles. The summed E-state index contributed by atoms with van der Waals surface area (Å²) >= 11 is 2.68. The molecule has 0 radical (unpaired) electrons. The highest BCUT2D eigenvalue weighted by atomic mass is 32.2. The van der Waals surface area contributed by atoms with Crippen LogP contribution in [0.25, 0.3) is 0 Å². The van der Waals surface area contributed by atoms with Crippen LogP contribution in [0.5, 0.6) is 0 Å². The predicted molar refractivity (Wildman–Crippen MR) is 97.0 cm³/mol. The van der Waals surface area contributed by atoms with Crippen molar-refractivity contribution in [3.05, 3.63) is 17.6 Å². The fourth-order valence-corrected chi connectivity index (χ4v) is 5.23. The monoisotopic (exact) mass is 438 g/mol. The maximum Gasteiger partial charge on any atom is 0.352 e. The lowest BCUT2D eigenvalue weighted by atomic mass is 10.0. The van der Waals surface area contributed by atoms with E-state index in [4.69, 9.17) is 0 Å². The average Bonchev–Trinajstić information content (AvgIpc) is 3.35. The van der Waals surface area contributed by atoms with E-state index in [1.54, 1.807) is 7.05 Å². The molecule has 2 aromatic heterocycles. The van der Waals surface area contributed by atoms with E-state index in [2.05, 4.69) is 36.3 Å². The number of β-lactam (4-membered cyclic amide) rings is 1. The molecule has 1 unspecified atom stereocenters. The third-order valence-electron chi connectivity index (χ3n) is 4.20. The summed E-state index contributed by atoms with van der Waals surface area (Å²) in [7, 11) is 1.68. The predicted octanol–water partition coefficient (Wildman–Crippen LogP) is -2.27. The Morgan fingerprint density at radius 1 is 1.41 bits per heavy atom. The number of tetrazole rings is 2. The summed E-state index contributed by atoms with van der Waals surface area (Å²) in [4.78, 5) is 38.8. The normalized spacial score (nSPS) is 21.0. The van der Waals surface area contributed by atoms with Crippen LogP contribution < -0.4 is 5.32 Å². The van der Waals surface area contributed by atoms with Gasteiger partial charge in [-0.3, -0.25) is 14.5 Å². The number of aliphatic carboxylic acids is 1. The minimum Gasteiger partial charge on any atom is -0.477 e. The van der Waals surface area contributed by atoms with Crippen molar-refractivity contribution >= 4 is 41.3 Å². The van der Waals surface area contributed by atoms with Gasteiger partial charge in [-0.15, -0.1) is 27.1 Å². The molecule has 2 amide bonds. The molecular weight excluding hydrogens is 424 g/mol. The molecule has 4 heterocycles. The van der Waals surface area contributed by atoms with E-state index < -0.39 is 29.2 Å². The molecule has 16 heteroatoms. The summed E-state index contributed by atoms with van der Waals surface area (Å²) in [6.45, 7) is -0.184. The second-order valence-corrected chi connectivity index (χ2v) is 8.10. The van der Waals surface area contributed by atoms with Gasteiger partial charge in [0.25, 0.3) is 5.91 Å². The van der Waals surface area contributed by atoms with E-state index in [0.29, 0.717) is 22.2 Å². The Morgan fingerprint density at radius 2 is 2.24 bits per heavy atom. The molecule has 2 aromatic rings. The molecule has 14 nitrogen and oxygen atoms in total. The smallest absolute Gasteiger partial charge is 0.352 e. The van der Waals surface area contributed by atoms with Crippen molar-refractivity contribution in [1.29, 1.82) is 0 Å². The van der Waals surface area contributed by atoms with Crippen LogP contribution in [0.3, 0.4) is 0 Å². The van der Waals surface area contributed by atoms with Crippen LogP contribution >= 0.6 is 23.5 Å². The molecule has 2 aliphatic heterocycles. The number of carboxylic acids is 1. The van der Waals surface area contributed by atoms with Gasteiger partial charge in [-0.2, -0.15) is 4.80 Å². The van der Waals surface area contributed by atoms with Crippen LogP contribution in [0.4, 0.5) is 0 Å². The van der Waals surface area contributed by atoms with Gasteiger partial charge >= 0.3 is 5.97 Å². The number of carbonyl (C=O) groups is 3. The van der Waals surface area contributed by atoms with Crippen molar-refractivity contribution in [3.8, 4) is 0 Å². The zero-order valence-electron chi connectivity index (χ0n) is 14.9. The van der Waals surface area contributed by atoms with Crippen molar-refractivity contribution in [1.82, 2.24) is 50.6 Å². The molecule has 2 atom stereocenters. The van der Waals surface area contributed by atoms with E-state index in [0.717, 1.165) is 4.80 Å². The first-order valence-corrected chi connectivity index (χ1v) is 10.2. The van der Waals surface area contributed by atoms with Crippen LogP contribution in [-0.4, -0.2) is 91.1 Å². The standard InChI is InChI=1S/C13H14N10O4S2/c1-21-13(17-18-20-21)29-4-6-3-28-11-8(10(25)23(11)9(6)12(26)27)16-7(24)2-22-15-5-14-19-22/h5,8,11H,2-4H2,1H3,(H,16,24)(H,26,27)/t8?,11-/m1/s1. The Kier molecular flexibility index (Phi) is 5.18. The Labute approximate surface area is 171 Å². The van der Waals surface area contributed by atoms with Gasteiger partial charge in [-0.25, -0.2) is 9.48 Å². The maximum absolute atomic E-state index is 12.6. The fourth-order valence-electron chi connectivity index (χ4n) is 2.90. The zero-order chi connectivity index (χ0) is 20.5. The molecule has 2 aliphatic rings. The van der Waals surface area contributed by atoms with Gasteiger partial charge in [0.05, 0.1) is 0 Å². The molecule has 0 bridgehead atoms. The number of thioether (sulfide) groups is 2. The Hall–Kier alpha value is -3.01. The van der Waals surface area contributed by atoms with Gasteiger partial charge in [0.1, 0.15) is 23.7 Å². The third kappa shape index (κ3) is 3.67. The van der Waals surface area contributed by atoms with E-state index in [9.17, 15) is 19.5 Å². The third-order valence-corrected chi connectivity index (χ3v) is 6.64. The Bertz CT molecular complexity index is 990. The highest BCUT2D eigenvalue weighted by Gasteiger charge is 2.54. The van der Waals surface area contributed by atoms with Crippen molar-refractivity contribution in [3.63, 3.8) is 0 Å². The number of carboxylic acid groups (broad SMARTS) is 1. The van der Waals surface area contributed by atoms with Crippen molar-refractivity contribution < 1.29 is 19.5 Å². The van der Waals surface area contributed by atoms with Crippen LogP contribution in [0, 0.1) is 0 Å². The van der Waals surface area contributed by atoms with Gasteiger partial charge in [-0.1, -0.05) is 11.8 Å². The second kappa shape index (κ2) is 7.78. The number of rotatable bonds is 7. The van der Waals surface area contributed by atoms with Gasteiger partial charge in [0.15, 0.2) is 6.33 Å². The molecule has 0 aliphatic carbocycles. The summed E-state index contributed by atoms with van der Waals surface area (Å²) in [5, 5.41) is 34.3. The number of carbonyl (C=O) groups excluding carboxylic acids is 2. The minimum atomic E-state index is -1.19. The van der Waals surface area contributed by atoms with Crippen molar-refractivity contribution in [2.75, 3.05) is 11.5 Å². The maximum atomic E-state index is 12.6. The van der Waals surface area contributed by atoms with Crippen molar-refractivity contribution in [2.24, 2.45) is 7.05 Å². The number of hydrogen-bond donors (Lipinski definition) is 2. The second-order valence-electron chi connectivity index (χ2n) is 6.05. The number of fused-ring (bicyclic) bond motifs is 1. The van der Waals surface area contributed by atoms with Gasteiger partial charge in [0.2, 0.25) is 11.1 Å². The number of nitrogens with one attached hydrogen (secondary N) is 1. The molecule has 2 N–H and O–H groups in total. The first kappa shape index (κ1) is 19.3. The summed E-state index contributed by atoms with van der Waals surface area (Å²) in [5.41, 5.74) is 0.543. The molecule has 0 aromatic carbocycles. The topological polar surface area (TPSA) is 174 Å². The van der Waals surface area contributed by atoms with Gasteiger partial charge < -0.3 is 10.4 Å². The van der Waals surface area contributed by atoms with Crippen LogP contribution in [0.2, 0.25) is 0 Å². The van der Waals surface area contributed by atoms with E-state index in [1.165, 1.54) is 39.4 Å². The SMILES string of the molecule is Cn1nnnc1SCC1=C(C(=O)O)N2C(=O)C(NC(=O)Cn3ncnn3)[C@H]2SC1. The number of aryl methyl sites for hydroxylation is 1. The number of nitrogens with zero attached hydrogens (tertiary/aromatic N) is 9. The lowest BCUT2D eigenvalue weighted by molar-refractivity contribution is -0.150. The Balaban J connectivity index is 1.45.